The van der Waals surface area contributed by atoms with Gasteiger partial charge in [-0.25, -0.2) is 9.97 Å². The molecule has 0 bridgehead atoms. The van der Waals surface area contributed by atoms with Gasteiger partial charge in [-0.1, -0.05) is 6.92 Å². The molecule has 0 spiro atoms. The van der Waals surface area contributed by atoms with Gasteiger partial charge in [-0.3, -0.25) is 0 Å². The molecular weight excluding hydrogens is 212 g/mol. The first-order chi connectivity index (χ1) is 8.26. The fraction of sp³-hybridized carbons (Fsp3) is 0.692. The number of aromatic nitrogens is 2. The molecule has 2 N–H and O–H groups in total. The Bertz CT molecular complexity index is 414. The van der Waals surface area contributed by atoms with Crippen LogP contribution in [-0.4, -0.2) is 29.1 Å². The highest BCUT2D eigenvalue weighted by Crippen LogP contribution is 2.38. The van der Waals surface area contributed by atoms with E-state index in [-0.39, 0.29) is 0 Å². The van der Waals surface area contributed by atoms with Gasteiger partial charge in [0.05, 0.1) is 0 Å². The van der Waals surface area contributed by atoms with Crippen LogP contribution in [0.15, 0.2) is 6.07 Å². The Balaban J connectivity index is 1.89. The van der Waals surface area contributed by atoms with Crippen molar-refractivity contribution in [3.8, 4) is 0 Å². The van der Waals surface area contributed by atoms with Crippen LogP contribution in [-0.2, 0) is 6.42 Å². The molecule has 92 valence electrons. The summed E-state index contributed by atoms with van der Waals surface area (Å²) in [6.45, 7) is 4.12. The minimum absolute atomic E-state index is 0.305. The molecule has 3 rings (SSSR count). The van der Waals surface area contributed by atoms with Crippen molar-refractivity contribution in [2.24, 2.45) is 5.73 Å². The Morgan fingerprint density at radius 1 is 1.35 bits per heavy atom. The second-order valence-corrected chi connectivity index (χ2v) is 5.20. The molecule has 0 aromatic carbocycles. The molecule has 1 saturated carbocycles. The average molecular weight is 232 g/mol. The summed E-state index contributed by atoms with van der Waals surface area (Å²) in [5.74, 6) is 2.77. The zero-order valence-electron chi connectivity index (χ0n) is 10.4. The van der Waals surface area contributed by atoms with Crippen LogP contribution in [0.25, 0.3) is 0 Å². The lowest BCUT2D eigenvalue weighted by Gasteiger charge is -2.18. The molecule has 1 aliphatic heterocycles. The van der Waals surface area contributed by atoms with E-state index in [2.05, 4.69) is 22.9 Å². The van der Waals surface area contributed by atoms with Crippen LogP contribution in [0.3, 0.4) is 0 Å². The van der Waals surface area contributed by atoms with Crippen LogP contribution >= 0.6 is 0 Å². The molecule has 0 amide bonds. The van der Waals surface area contributed by atoms with Gasteiger partial charge in [0, 0.05) is 36.8 Å². The molecular formula is C13H20N4. The Morgan fingerprint density at radius 3 is 2.76 bits per heavy atom. The maximum atomic E-state index is 5.96. The fourth-order valence-corrected chi connectivity index (χ4v) is 2.37. The molecule has 1 atom stereocenters. The Morgan fingerprint density at radius 2 is 2.18 bits per heavy atom. The number of anilines is 1. The highest BCUT2D eigenvalue weighted by molar-refractivity contribution is 5.42. The SMILES string of the molecule is CCc1cc(N2CC[C@@H](N)C2)nc(C2CC2)n1. The molecule has 1 aliphatic carbocycles. The molecule has 17 heavy (non-hydrogen) atoms. The molecule has 0 radical (unpaired) electrons. The van der Waals surface area contributed by atoms with Gasteiger partial charge in [0.25, 0.3) is 0 Å². The lowest BCUT2D eigenvalue weighted by Crippen LogP contribution is -2.27. The molecule has 1 aromatic rings. The highest BCUT2D eigenvalue weighted by Gasteiger charge is 2.28. The normalized spacial score (nSPS) is 24.4. The van der Waals surface area contributed by atoms with Crippen LogP contribution in [0.5, 0.6) is 0 Å². The summed E-state index contributed by atoms with van der Waals surface area (Å²) in [4.78, 5) is 11.7. The first-order valence-electron chi connectivity index (χ1n) is 6.64. The fourth-order valence-electron chi connectivity index (χ4n) is 2.37. The third-order valence-electron chi connectivity index (χ3n) is 3.64. The molecule has 4 heteroatoms. The number of hydrogen-bond acceptors (Lipinski definition) is 4. The first-order valence-corrected chi connectivity index (χ1v) is 6.64. The van der Waals surface area contributed by atoms with Crippen molar-refractivity contribution in [1.29, 1.82) is 0 Å². The van der Waals surface area contributed by atoms with Crippen molar-refractivity contribution in [2.45, 2.75) is 44.6 Å². The molecule has 1 aromatic heterocycles. The van der Waals surface area contributed by atoms with Crippen molar-refractivity contribution in [2.75, 3.05) is 18.0 Å². The van der Waals surface area contributed by atoms with Gasteiger partial charge in [-0.15, -0.1) is 0 Å². The zero-order valence-corrected chi connectivity index (χ0v) is 10.4. The van der Waals surface area contributed by atoms with Gasteiger partial charge in [0.1, 0.15) is 11.6 Å². The van der Waals surface area contributed by atoms with Gasteiger partial charge in [-0.2, -0.15) is 0 Å². The highest BCUT2D eigenvalue weighted by atomic mass is 15.2. The van der Waals surface area contributed by atoms with E-state index in [4.69, 9.17) is 10.7 Å². The summed E-state index contributed by atoms with van der Waals surface area (Å²) in [5.41, 5.74) is 7.12. The summed E-state index contributed by atoms with van der Waals surface area (Å²) in [7, 11) is 0. The number of hydrogen-bond donors (Lipinski definition) is 1. The van der Waals surface area contributed by atoms with E-state index in [0.717, 1.165) is 43.3 Å². The van der Waals surface area contributed by atoms with Gasteiger partial charge in [0.15, 0.2) is 0 Å². The molecule has 0 unspecified atom stereocenters. The number of rotatable bonds is 3. The largest absolute Gasteiger partial charge is 0.355 e. The lowest BCUT2D eigenvalue weighted by atomic mass is 10.3. The topological polar surface area (TPSA) is 55.0 Å². The Hall–Kier alpha value is -1.16. The van der Waals surface area contributed by atoms with E-state index < -0.39 is 0 Å². The number of nitrogens with zero attached hydrogens (tertiary/aromatic N) is 3. The van der Waals surface area contributed by atoms with Crippen molar-refractivity contribution in [3.05, 3.63) is 17.6 Å². The molecule has 4 nitrogen and oxygen atoms in total. The van der Waals surface area contributed by atoms with Gasteiger partial charge in [-0.05, 0) is 25.7 Å². The monoisotopic (exact) mass is 232 g/mol. The van der Waals surface area contributed by atoms with Crippen LogP contribution in [0.4, 0.5) is 5.82 Å². The van der Waals surface area contributed by atoms with Crippen molar-refractivity contribution in [3.63, 3.8) is 0 Å². The summed E-state index contributed by atoms with van der Waals surface area (Å²) in [6, 6.07) is 2.43. The molecule has 2 aliphatic rings. The van der Waals surface area contributed by atoms with E-state index in [9.17, 15) is 0 Å². The molecule has 2 heterocycles. The second kappa shape index (κ2) is 4.26. The summed E-state index contributed by atoms with van der Waals surface area (Å²) < 4.78 is 0. The number of nitrogens with two attached hydrogens (primary N) is 1. The minimum Gasteiger partial charge on any atom is -0.355 e. The predicted molar refractivity (Wildman–Crippen MR) is 68.2 cm³/mol. The molecule has 1 saturated heterocycles. The zero-order chi connectivity index (χ0) is 11.8. The Kier molecular flexibility index (Phi) is 2.74. The quantitative estimate of drug-likeness (QED) is 0.857. The predicted octanol–water partition coefficient (Wildman–Crippen LogP) is 1.45. The van der Waals surface area contributed by atoms with Crippen LogP contribution in [0.2, 0.25) is 0 Å². The van der Waals surface area contributed by atoms with Gasteiger partial charge in [0.2, 0.25) is 0 Å². The van der Waals surface area contributed by atoms with E-state index in [1.807, 2.05) is 0 Å². The maximum absolute atomic E-state index is 5.96. The number of aryl methyl sites for hydroxylation is 1. The third kappa shape index (κ3) is 2.27. The summed E-state index contributed by atoms with van der Waals surface area (Å²) >= 11 is 0. The minimum atomic E-state index is 0.305. The van der Waals surface area contributed by atoms with Crippen molar-refractivity contribution >= 4 is 5.82 Å². The van der Waals surface area contributed by atoms with Gasteiger partial charge >= 0.3 is 0 Å². The van der Waals surface area contributed by atoms with Crippen molar-refractivity contribution in [1.82, 2.24) is 9.97 Å². The van der Waals surface area contributed by atoms with E-state index in [1.54, 1.807) is 0 Å². The van der Waals surface area contributed by atoms with Crippen LogP contribution in [0.1, 0.15) is 43.6 Å². The smallest absolute Gasteiger partial charge is 0.134 e. The van der Waals surface area contributed by atoms with E-state index in [1.165, 1.54) is 12.8 Å². The van der Waals surface area contributed by atoms with E-state index in [0.29, 0.717) is 12.0 Å². The lowest BCUT2D eigenvalue weighted by molar-refractivity contribution is 0.750. The Labute approximate surface area is 102 Å². The van der Waals surface area contributed by atoms with E-state index >= 15 is 0 Å². The van der Waals surface area contributed by atoms with Gasteiger partial charge < -0.3 is 10.6 Å². The van der Waals surface area contributed by atoms with Crippen LogP contribution in [0, 0.1) is 0 Å². The summed E-state index contributed by atoms with van der Waals surface area (Å²) in [6.07, 6.45) is 4.57. The third-order valence-corrected chi connectivity index (χ3v) is 3.64. The second-order valence-electron chi connectivity index (χ2n) is 5.20. The van der Waals surface area contributed by atoms with Crippen LogP contribution < -0.4 is 10.6 Å². The average Bonchev–Trinajstić information content (AvgIpc) is 3.11. The molecule has 2 fully saturated rings. The first kappa shape index (κ1) is 11.0. The standard InChI is InChI=1S/C13H20N4/c1-2-11-7-12(17-6-5-10(14)8-17)16-13(15-11)9-3-4-9/h7,9-10H,2-6,8,14H2,1H3/t10-/m1/s1. The van der Waals surface area contributed by atoms with Crippen molar-refractivity contribution < 1.29 is 0 Å². The maximum Gasteiger partial charge on any atom is 0.134 e. The summed E-state index contributed by atoms with van der Waals surface area (Å²) in [5, 5.41) is 0.